The smallest absolute Gasteiger partial charge is 0.242 e. The van der Waals surface area contributed by atoms with Crippen LogP contribution in [-0.4, -0.2) is 48.4 Å². The van der Waals surface area contributed by atoms with E-state index in [1.165, 1.54) is 0 Å². The molecule has 6 rings (SSSR count). The van der Waals surface area contributed by atoms with Crippen molar-refractivity contribution in [2.24, 2.45) is 5.92 Å². The van der Waals surface area contributed by atoms with E-state index in [4.69, 9.17) is 34.8 Å². The minimum atomic E-state index is -0.689. The van der Waals surface area contributed by atoms with Crippen molar-refractivity contribution in [1.82, 2.24) is 15.5 Å². The van der Waals surface area contributed by atoms with E-state index in [1.54, 1.807) is 12.1 Å². The van der Waals surface area contributed by atoms with Gasteiger partial charge in [0, 0.05) is 27.7 Å². The van der Waals surface area contributed by atoms with Crippen LogP contribution in [-0.2, 0) is 21.4 Å². The Kier molecular flexibility index (Phi) is 7.83. The number of piperidine rings is 3. The lowest BCUT2D eigenvalue weighted by Gasteiger charge is -2.45. The largest absolute Gasteiger partial charge is 0.350 e. The SMILES string of the molecule is O=C(N[C@@H]1CN2CCC1CC2)[C@H](CCCc1ccc(Cl)cc1)NC(=O)C1(c2ccc(Cl)cc2Cl)CC1. The molecule has 192 valence electrons. The Labute approximate surface area is 227 Å². The van der Waals surface area contributed by atoms with Crippen LogP contribution in [0.2, 0.25) is 15.1 Å². The lowest BCUT2D eigenvalue weighted by molar-refractivity contribution is -0.131. The molecule has 0 spiro atoms. The summed E-state index contributed by atoms with van der Waals surface area (Å²) >= 11 is 18.6. The van der Waals surface area contributed by atoms with Crippen molar-refractivity contribution in [2.45, 2.75) is 62.4 Å². The molecule has 0 radical (unpaired) electrons. The predicted octanol–water partition coefficient (Wildman–Crippen LogP) is 5.40. The van der Waals surface area contributed by atoms with Crippen molar-refractivity contribution < 1.29 is 9.59 Å². The molecule has 2 aromatic carbocycles. The summed E-state index contributed by atoms with van der Waals surface area (Å²) in [6, 6.07) is 12.6. The topological polar surface area (TPSA) is 61.4 Å². The molecular weight excluding hydrogens is 517 g/mol. The summed E-state index contributed by atoms with van der Waals surface area (Å²) in [5, 5.41) is 8.13. The molecule has 4 fully saturated rings. The van der Waals surface area contributed by atoms with Crippen LogP contribution >= 0.6 is 34.8 Å². The van der Waals surface area contributed by atoms with Crippen LogP contribution in [0.5, 0.6) is 0 Å². The average molecular weight is 549 g/mol. The molecule has 0 aromatic heterocycles. The van der Waals surface area contributed by atoms with Gasteiger partial charge in [0.25, 0.3) is 0 Å². The standard InChI is InChI=1S/C28H32Cl3N3O2/c29-20-6-4-18(5-7-20)2-1-3-24(26(35)32-25-17-34-14-10-19(25)11-15-34)33-27(36)28(12-13-28)22-9-8-21(30)16-23(22)31/h4-9,16,19,24-25H,1-3,10-15,17H2,(H,32,35)(H,33,36)/t24-,25+/m0/s1. The molecule has 36 heavy (non-hydrogen) atoms. The van der Waals surface area contributed by atoms with Gasteiger partial charge in [0.05, 0.1) is 5.41 Å². The van der Waals surface area contributed by atoms with Crippen molar-refractivity contribution in [3.8, 4) is 0 Å². The Hall–Kier alpha value is -1.79. The first-order valence-corrected chi connectivity index (χ1v) is 14.0. The third-order valence-electron chi connectivity index (χ3n) is 8.11. The number of amides is 2. The lowest BCUT2D eigenvalue weighted by atomic mass is 9.84. The van der Waals surface area contributed by atoms with Crippen LogP contribution in [0.25, 0.3) is 0 Å². The minimum absolute atomic E-state index is 0.0868. The molecule has 2 amide bonds. The van der Waals surface area contributed by atoms with Gasteiger partial charge in [-0.3, -0.25) is 9.59 Å². The zero-order valence-electron chi connectivity index (χ0n) is 20.2. The summed E-state index contributed by atoms with van der Waals surface area (Å²) in [7, 11) is 0. The van der Waals surface area contributed by atoms with Crippen molar-refractivity contribution in [2.75, 3.05) is 19.6 Å². The second-order valence-electron chi connectivity index (χ2n) is 10.5. The van der Waals surface area contributed by atoms with E-state index in [0.717, 1.165) is 56.4 Å². The summed E-state index contributed by atoms with van der Waals surface area (Å²) in [4.78, 5) is 29.5. The maximum Gasteiger partial charge on any atom is 0.242 e. The van der Waals surface area contributed by atoms with Crippen molar-refractivity contribution in [1.29, 1.82) is 0 Å². The fourth-order valence-electron chi connectivity index (χ4n) is 5.76. The predicted molar refractivity (Wildman–Crippen MR) is 145 cm³/mol. The number of hydrogen-bond acceptors (Lipinski definition) is 3. The van der Waals surface area contributed by atoms with Crippen molar-refractivity contribution >= 4 is 46.6 Å². The van der Waals surface area contributed by atoms with Gasteiger partial charge in [-0.1, -0.05) is 53.0 Å². The van der Waals surface area contributed by atoms with E-state index in [1.807, 2.05) is 30.3 Å². The summed E-state index contributed by atoms with van der Waals surface area (Å²) in [5.41, 5.74) is 1.25. The van der Waals surface area contributed by atoms with Crippen LogP contribution < -0.4 is 10.6 Å². The Morgan fingerprint density at radius 3 is 2.31 bits per heavy atom. The summed E-state index contributed by atoms with van der Waals surface area (Å²) in [6.45, 7) is 3.12. The van der Waals surface area contributed by atoms with Crippen LogP contribution in [0.3, 0.4) is 0 Å². The zero-order valence-corrected chi connectivity index (χ0v) is 22.5. The quantitative estimate of drug-likeness (QED) is 0.441. The first kappa shape index (κ1) is 25.8. The third kappa shape index (κ3) is 5.70. The molecular formula is C28H32Cl3N3O2. The molecule has 4 aliphatic rings. The Bertz CT molecular complexity index is 1110. The molecule has 2 bridgehead atoms. The molecule has 1 aliphatic carbocycles. The van der Waals surface area contributed by atoms with E-state index < -0.39 is 11.5 Å². The lowest BCUT2D eigenvalue weighted by Crippen LogP contribution is -2.60. The number of halogens is 3. The van der Waals surface area contributed by atoms with Gasteiger partial charge in [0.1, 0.15) is 6.04 Å². The number of carbonyl (C=O) groups is 2. The normalized spacial score (nSPS) is 24.7. The highest BCUT2D eigenvalue weighted by Crippen LogP contribution is 2.51. The highest BCUT2D eigenvalue weighted by Gasteiger charge is 2.53. The zero-order chi connectivity index (χ0) is 25.3. The number of carbonyl (C=O) groups excluding carboxylic acids is 2. The highest BCUT2D eigenvalue weighted by molar-refractivity contribution is 6.35. The van der Waals surface area contributed by atoms with E-state index in [-0.39, 0.29) is 17.9 Å². The molecule has 2 N–H and O–H groups in total. The second kappa shape index (κ2) is 10.9. The Morgan fingerprint density at radius 2 is 1.69 bits per heavy atom. The second-order valence-corrected chi connectivity index (χ2v) is 11.8. The number of rotatable bonds is 9. The average Bonchev–Trinajstić information content (AvgIpc) is 3.67. The van der Waals surface area contributed by atoms with Crippen LogP contribution in [0.4, 0.5) is 0 Å². The molecule has 2 atom stereocenters. The van der Waals surface area contributed by atoms with Gasteiger partial charge in [-0.05, 0) is 99.3 Å². The molecule has 5 nitrogen and oxygen atoms in total. The van der Waals surface area contributed by atoms with Crippen LogP contribution in [0.15, 0.2) is 42.5 Å². The maximum absolute atomic E-state index is 13.6. The van der Waals surface area contributed by atoms with Gasteiger partial charge in [-0.25, -0.2) is 0 Å². The number of hydrogen-bond donors (Lipinski definition) is 2. The molecule has 8 heteroatoms. The molecule has 1 saturated carbocycles. The Balaban J connectivity index is 1.28. The van der Waals surface area contributed by atoms with Crippen LogP contribution in [0.1, 0.15) is 49.7 Å². The summed E-state index contributed by atoms with van der Waals surface area (Å²) < 4.78 is 0. The van der Waals surface area contributed by atoms with Crippen molar-refractivity contribution in [3.63, 3.8) is 0 Å². The molecule has 2 aromatic rings. The van der Waals surface area contributed by atoms with Gasteiger partial charge in [-0.15, -0.1) is 0 Å². The number of nitrogens with zero attached hydrogens (tertiary/aromatic N) is 1. The first-order chi connectivity index (χ1) is 17.3. The molecule has 0 unspecified atom stereocenters. The van der Waals surface area contributed by atoms with Gasteiger partial charge < -0.3 is 15.5 Å². The molecule has 3 saturated heterocycles. The minimum Gasteiger partial charge on any atom is -0.350 e. The van der Waals surface area contributed by atoms with Gasteiger partial charge in [-0.2, -0.15) is 0 Å². The number of fused-ring (bicyclic) bond motifs is 3. The Morgan fingerprint density at radius 1 is 1.00 bits per heavy atom. The maximum atomic E-state index is 13.6. The van der Waals surface area contributed by atoms with Crippen LogP contribution in [0, 0.1) is 5.92 Å². The monoisotopic (exact) mass is 547 g/mol. The first-order valence-electron chi connectivity index (χ1n) is 12.9. The van der Waals surface area contributed by atoms with E-state index in [0.29, 0.717) is 40.2 Å². The third-order valence-corrected chi connectivity index (χ3v) is 8.91. The van der Waals surface area contributed by atoms with E-state index in [2.05, 4.69) is 15.5 Å². The summed E-state index contributed by atoms with van der Waals surface area (Å²) in [5.74, 6) is 0.301. The fourth-order valence-corrected chi connectivity index (χ4v) is 6.48. The summed E-state index contributed by atoms with van der Waals surface area (Å²) in [6.07, 6.45) is 5.80. The van der Waals surface area contributed by atoms with Gasteiger partial charge >= 0.3 is 0 Å². The van der Waals surface area contributed by atoms with E-state index in [9.17, 15) is 9.59 Å². The number of nitrogens with one attached hydrogen (secondary N) is 2. The van der Waals surface area contributed by atoms with Gasteiger partial charge in [0.15, 0.2) is 0 Å². The van der Waals surface area contributed by atoms with E-state index >= 15 is 0 Å². The number of benzene rings is 2. The highest BCUT2D eigenvalue weighted by atomic mass is 35.5. The molecule has 3 aliphatic heterocycles. The molecule has 3 heterocycles. The van der Waals surface area contributed by atoms with Crippen molar-refractivity contribution in [3.05, 3.63) is 68.7 Å². The fraction of sp³-hybridized carbons (Fsp3) is 0.500. The van der Waals surface area contributed by atoms with Gasteiger partial charge in [0.2, 0.25) is 11.8 Å². The number of aryl methyl sites for hydroxylation is 1.